The molecule has 2 fully saturated rings. The van der Waals surface area contributed by atoms with Crippen LogP contribution in [0.5, 0.6) is 0 Å². The molecule has 5 nitrogen and oxygen atoms in total. The predicted molar refractivity (Wildman–Crippen MR) is 76.3 cm³/mol. The van der Waals surface area contributed by atoms with Gasteiger partial charge in [0.05, 0.1) is 0 Å². The highest BCUT2D eigenvalue weighted by Crippen LogP contribution is 2.18. The van der Waals surface area contributed by atoms with Gasteiger partial charge in [-0.2, -0.15) is 0 Å². The molecule has 2 saturated heterocycles. The van der Waals surface area contributed by atoms with Gasteiger partial charge in [0, 0.05) is 38.6 Å². The number of piperazine rings is 1. The third kappa shape index (κ3) is 3.60. The highest BCUT2D eigenvalue weighted by molar-refractivity contribution is 5.88. The summed E-state index contributed by atoms with van der Waals surface area (Å²) in [4.78, 5) is 28.0. The smallest absolute Gasteiger partial charge is 0.245 e. The van der Waals surface area contributed by atoms with E-state index in [-0.39, 0.29) is 30.3 Å². The number of halogens is 1. The predicted octanol–water partition coefficient (Wildman–Crippen LogP) is 0.630. The molecule has 2 heterocycles. The molecule has 2 atom stereocenters. The van der Waals surface area contributed by atoms with E-state index < -0.39 is 0 Å². The lowest BCUT2D eigenvalue weighted by Gasteiger charge is -2.36. The van der Waals surface area contributed by atoms with Crippen molar-refractivity contribution in [2.45, 2.75) is 45.2 Å². The minimum atomic E-state index is -0.245. The van der Waals surface area contributed by atoms with Crippen molar-refractivity contribution in [2.24, 2.45) is 0 Å². The first-order valence-electron chi connectivity index (χ1n) is 6.95. The molecule has 0 aromatic heterocycles. The lowest BCUT2D eigenvalue weighted by atomic mass is 10.1. The molecule has 2 unspecified atom stereocenters. The number of likely N-dealkylation sites (tertiary alicyclic amines) is 1. The number of nitrogens with zero attached hydrogens (tertiary/aromatic N) is 2. The van der Waals surface area contributed by atoms with Gasteiger partial charge in [0.25, 0.3) is 0 Å². The van der Waals surface area contributed by atoms with E-state index in [4.69, 9.17) is 0 Å². The van der Waals surface area contributed by atoms with E-state index in [9.17, 15) is 9.59 Å². The van der Waals surface area contributed by atoms with Gasteiger partial charge in [-0.1, -0.05) is 6.92 Å². The lowest BCUT2D eigenvalue weighted by molar-refractivity contribution is -0.144. The molecule has 0 spiro atoms. The summed E-state index contributed by atoms with van der Waals surface area (Å²) in [5, 5.41) is 3.33. The average Bonchev–Trinajstić information content (AvgIpc) is 2.77. The SMILES string of the molecule is CCC(C(=O)N1CCNC(C)C1)N1CCCC1=O.Cl. The first-order valence-corrected chi connectivity index (χ1v) is 6.95. The van der Waals surface area contributed by atoms with Crippen molar-refractivity contribution in [3.05, 3.63) is 0 Å². The van der Waals surface area contributed by atoms with Gasteiger partial charge in [0.1, 0.15) is 6.04 Å². The fourth-order valence-corrected chi connectivity index (χ4v) is 2.87. The fraction of sp³-hybridized carbons (Fsp3) is 0.846. The number of rotatable bonds is 3. The first-order chi connectivity index (χ1) is 8.63. The highest BCUT2D eigenvalue weighted by atomic mass is 35.5. The average molecular weight is 290 g/mol. The molecule has 2 rings (SSSR count). The molecule has 2 aliphatic rings. The normalized spacial score (nSPS) is 25.2. The molecule has 6 heteroatoms. The van der Waals surface area contributed by atoms with E-state index in [0.717, 1.165) is 32.6 Å². The zero-order valence-corrected chi connectivity index (χ0v) is 12.5. The molecule has 2 aliphatic heterocycles. The number of carbonyl (C=O) groups excluding carboxylic acids is 2. The summed E-state index contributed by atoms with van der Waals surface area (Å²) in [7, 11) is 0. The van der Waals surface area contributed by atoms with E-state index >= 15 is 0 Å². The van der Waals surface area contributed by atoms with Gasteiger partial charge in [-0.05, 0) is 19.8 Å². The van der Waals surface area contributed by atoms with Crippen LogP contribution in [0.3, 0.4) is 0 Å². The summed E-state index contributed by atoms with van der Waals surface area (Å²) in [6.07, 6.45) is 2.20. The number of amides is 2. The van der Waals surface area contributed by atoms with E-state index in [1.165, 1.54) is 0 Å². The Kier molecular flexibility index (Phi) is 6.07. The summed E-state index contributed by atoms with van der Waals surface area (Å²) >= 11 is 0. The Hall–Kier alpha value is -0.810. The summed E-state index contributed by atoms with van der Waals surface area (Å²) < 4.78 is 0. The van der Waals surface area contributed by atoms with Crippen LogP contribution in [-0.4, -0.2) is 59.9 Å². The van der Waals surface area contributed by atoms with Crippen LogP contribution in [0.1, 0.15) is 33.1 Å². The van der Waals surface area contributed by atoms with Crippen LogP contribution in [0, 0.1) is 0 Å². The lowest BCUT2D eigenvalue weighted by Crippen LogP contribution is -2.56. The van der Waals surface area contributed by atoms with Crippen LogP contribution in [0.4, 0.5) is 0 Å². The Morgan fingerprint density at radius 2 is 2.21 bits per heavy atom. The van der Waals surface area contributed by atoms with E-state index in [0.29, 0.717) is 18.9 Å². The zero-order chi connectivity index (χ0) is 13.1. The largest absolute Gasteiger partial charge is 0.338 e. The molecular weight excluding hydrogens is 266 g/mol. The maximum absolute atomic E-state index is 12.5. The van der Waals surface area contributed by atoms with Crippen molar-refractivity contribution in [3.63, 3.8) is 0 Å². The van der Waals surface area contributed by atoms with Crippen LogP contribution in [0.15, 0.2) is 0 Å². The maximum Gasteiger partial charge on any atom is 0.245 e. The quantitative estimate of drug-likeness (QED) is 0.829. The number of nitrogens with one attached hydrogen (secondary N) is 1. The molecule has 0 radical (unpaired) electrons. The Balaban J connectivity index is 0.00000180. The second-order valence-corrected chi connectivity index (χ2v) is 5.25. The zero-order valence-electron chi connectivity index (χ0n) is 11.7. The molecule has 0 aliphatic carbocycles. The van der Waals surface area contributed by atoms with Crippen LogP contribution in [-0.2, 0) is 9.59 Å². The van der Waals surface area contributed by atoms with E-state index in [2.05, 4.69) is 12.2 Å². The number of hydrogen-bond donors (Lipinski definition) is 1. The molecule has 0 aromatic carbocycles. The van der Waals surface area contributed by atoms with Gasteiger partial charge in [-0.25, -0.2) is 0 Å². The van der Waals surface area contributed by atoms with E-state index in [1.807, 2.05) is 11.8 Å². The molecular formula is C13H24ClN3O2. The number of hydrogen-bond acceptors (Lipinski definition) is 3. The van der Waals surface area contributed by atoms with Crippen LogP contribution in [0.25, 0.3) is 0 Å². The molecule has 0 saturated carbocycles. The Morgan fingerprint density at radius 3 is 2.74 bits per heavy atom. The minimum absolute atomic E-state index is 0. The van der Waals surface area contributed by atoms with E-state index in [1.54, 1.807) is 4.90 Å². The maximum atomic E-state index is 12.5. The Morgan fingerprint density at radius 1 is 1.47 bits per heavy atom. The van der Waals surface area contributed by atoms with Gasteiger partial charge in [-0.3, -0.25) is 9.59 Å². The summed E-state index contributed by atoms with van der Waals surface area (Å²) in [6.45, 7) is 7.16. The van der Waals surface area contributed by atoms with Gasteiger partial charge in [-0.15, -0.1) is 12.4 Å². The number of carbonyl (C=O) groups is 2. The van der Waals surface area contributed by atoms with Crippen molar-refractivity contribution in [1.29, 1.82) is 0 Å². The third-order valence-electron chi connectivity index (χ3n) is 3.84. The standard InChI is InChI=1S/C13H23N3O2.ClH/c1-3-11(16-7-4-5-12(16)17)13(18)15-8-6-14-10(2)9-15;/h10-11,14H,3-9H2,1-2H3;1H. The van der Waals surface area contributed by atoms with Crippen molar-refractivity contribution >= 4 is 24.2 Å². The second-order valence-electron chi connectivity index (χ2n) is 5.25. The minimum Gasteiger partial charge on any atom is -0.338 e. The third-order valence-corrected chi connectivity index (χ3v) is 3.84. The molecule has 110 valence electrons. The van der Waals surface area contributed by atoms with Crippen LogP contribution >= 0.6 is 12.4 Å². The topological polar surface area (TPSA) is 52.7 Å². The molecule has 0 bridgehead atoms. The van der Waals surface area contributed by atoms with Crippen LogP contribution in [0.2, 0.25) is 0 Å². The van der Waals surface area contributed by atoms with Gasteiger partial charge >= 0.3 is 0 Å². The van der Waals surface area contributed by atoms with Crippen LogP contribution < -0.4 is 5.32 Å². The summed E-state index contributed by atoms with van der Waals surface area (Å²) in [5.74, 6) is 0.263. The Labute approximate surface area is 121 Å². The first kappa shape index (κ1) is 16.2. The molecule has 1 N–H and O–H groups in total. The van der Waals surface area contributed by atoms with Crippen molar-refractivity contribution in [1.82, 2.24) is 15.1 Å². The fourth-order valence-electron chi connectivity index (χ4n) is 2.87. The van der Waals surface area contributed by atoms with Crippen molar-refractivity contribution in [3.8, 4) is 0 Å². The monoisotopic (exact) mass is 289 g/mol. The highest BCUT2D eigenvalue weighted by Gasteiger charge is 2.34. The summed E-state index contributed by atoms with van der Waals surface area (Å²) in [5.41, 5.74) is 0. The summed E-state index contributed by atoms with van der Waals surface area (Å²) in [6, 6.07) is 0.0970. The molecule has 0 aromatic rings. The Bertz CT molecular complexity index is 338. The van der Waals surface area contributed by atoms with Gasteiger partial charge in [0.15, 0.2) is 0 Å². The van der Waals surface area contributed by atoms with Gasteiger partial charge < -0.3 is 15.1 Å². The van der Waals surface area contributed by atoms with Gasteiger partial charge in [0.2, 0.25) is 11.8 Å². The second kappa shape index (κ2) is 7.10. The van der Waals surface area contributed by atoms with Crippen molar-refractivity contribution < 1.29 is 9.59 Å². The van der Waals surface area contributed by atoms with Crippen molar-refractivity contribution in [2.75, 3.05) is 26.2 Å². The molecule has 2 amide bonds. The molecule has 19 heavy (non-hydrogen) atoms.